The largest absolute Gasteiger partial charge is 0.489 e. The van der Waals surface area contributed by atoms with Crippen molar-refractivity contribution >= 4 is 12.0 Å². The van der Waals surface area contributed by atoms with Crippen LogP contribution in [0.15, 0.2) is 109 Å². The lowest BCUT2D eigenvalue weighted by atomic mass is 10.0. The van der Waals surface area contributed by atoms with Gasteiger partial charge in [0.15, 0.2) is 0 Å². The maximum Gasteiger partial charge on any atom is 0.339 e. The van der Waals surface area contributed by atoms with Crippen LogP contribution in [-0.2, 0) is 0 Å². The molecule has 0 fully saturated rings. The van der Waals surface area contributed by atoms with E-state index in [0.29, 0.717) is 18.1 Å². The maximum atomic E-state index is 11.3. The summed E-state index contributed by atoms with van der Waals surface area (Å²) in [7, 11) is 0. The molecule has 158 valence electrons. The van der Waals surface area contributed by atoms with Gasteiger partial charge in [0.2, 0.25) is 0 Å². The van der Waals surface area contributed by atoms with Crippen molar-refractivity contribution in [2.45, 2.75) is 0 Å². The highest BCUT2D eigenvalue weighted by atomic mass is 16.5. The number of hydrogen-bond acceptors (Lipinski definition) is 3. The molecule has 0 radical (unpaired) electrons. The van der Waals surface area contributed by atoms with E-state index in [1.54, 1.807) is 36.4 Å². The van der Waals surface area contributed by atoms with Gasteiger partial charge in [0.1, 0.15) is 29.4 Å². The van der Waals surface area contributed by atoms with Gasteiger partial charge in [0.05, 0.1) is 0 Å². The number of rotatable bonds is 8. The molecular formula is C28H22O4. The molecule has 4 nitrogen and oxygen atoms in total. The minimum atomic E-state index is -1.03. The van der Waals surface area contributed by atoms with Crippen LogP contribution in [0.5, 0.6) is 17.2 Å². The molecule has 0 saturated carbocycles. The van der Waals surface area contributed by atoms with E-state index in [-0.39, 0.29) is 11.3 Å². The summed E-state index contributed by atoms with van der Waals surface area (Å²) in [5.74, 6) is 0.405. The zero-order chi connectivity index (χ0) is 22.2. The Balaban J connectivity index is 1.35. The van der Waals surface area contributed by atoms with Gasteiger partial charge in [-0.1, -0.05) is 78.9 Å². The van der Waals surface area contributed by atoms with E-state index >= 15 is 0 Å². The number of ether oxygens (including phenoxy) is 2. The molecule has 0 spiro atoms. The van der Waals surface area contributed by atoms with Gasteiger partial charge in [-0.05, 0) is 47.0 Å². The van der Waals surface area contributed by atoms with E-state index < -0.39 is 5.97 Å². The molecule has 32 heavy (non-hydrogen) atoms. The Labute approximate surface area is 187 Å². The van der Waals surface area contributed by atoms with Gasteiger partial charge >= 0.3 is 5.97 Å². The van der Waals surface area contributed by atoms with Crippen LogP contribution in [0.2, 0.25) is 0 Å². The van der Waals surface area contributed by atoms with Crippen LogP contribution in [0.4, 0.5) is 0 Å². The quantitative estimate of drug-likeness (QED) is 0.334. The Morgan fingerprint density at radius 3 is 2.22 bits per heavy atom. The summed E-state index contributed by atoms with van der Waals surface area (Å²) in [6.45, 7) is 0.398. The molecule has 4 aromatic carbocycles. The van der Waals surface area contributed by atoms with Crippen molar-refractivity contribution in [1.82, 2.24) is 0 Å². The van der Waals surface area contributed by atoms with Crippen molar-refractivity contribution in [2.75, 3.05) is 6.61 Å². The lowest BCUT2D eigenvalue weighted by molar-refractivity contribution is 0.0694. The Morgan fingerprint density at radius 1 is 0.750 bits per heavy atom. The Bertz CT molecular complexity index is 1210. The highest BCUT2D eigenvalue weighted by Gasteiger charge is 2.11. The maximum absolute atomic E-state index is 11.3. The molecule has 0 aliphatic carbocycles. The Hall–Kier alpha value is -4.31. The van der Waals surface area contributed by atoms with Gasteiger partial charge in [-0.3, -0.25) is 0 Å². The van der Waals surface area contributed by atoms with Gasteiger partial charge in [-0.25, -0.2) is 4.79 Å². The number of carboxylic acid groups (broad SMARTS) is 1. The molecule has 0 amide bonds. The normalized spacial score (nSPS) is 10.8. The second-order valence-electron chi connectivity index (χ2n) is 7.08. The molecule has 1 N–H and O–H groups in total. The second-order valence-corrected chi connectivity index (χ2v) is 7.08. The molecule has 0 aliphatic heterocycles. The third-order valence-corrected chi connectivity index (χ3v) is 4.83. The number of carbonyl (C=O) groups is 1. The van der Waals surface area contributed by atoms with Gasteiger partial charge in [-0.2, -0.15) is 0 Å². The minimum Gasteiger partial charge on any atom is -0.489 e. The molecule has 4 heteroatoms. The lowest BCUT2D eigenvalue weighted by Gasteiger charge is -2.10. The van der Waals surface area contributed by atoms with Crippen LogP contribution in [0.25, 0.3) is 17.2 Å². The third kappa shape index (κ3) is 5.43. The first-order valence-corrected chi connectivity index (χ1v) is 10.2. The molecule has 0 bridgehead atoms. The summed E-state index contributed by atoms with van der Waals surface area (Å²) in [4.78, 5) is 11.3. The van der Waals surface area contributed by atoms with Crippen LogP contribution >= 0.6 is 0 Å². The average molecular weight is 422 g/mol. The van der Waals surface area contributed by atoms with Gasteiger partial charge < -0.3 is 14.6 Å². The van der Waals surface area contributed by atoms with E-state index in [2.05, 4.69) is 36.4 Å². The third-order valence-electron chi connectivity index (χ3n) is 4.83. The fourth-order valence-corrected chi connectivity index (χ4v) is 3.23. The molecule has 4 aromatic rings. The summed E-state index contributed by atoms with van der Waals surface area (Å²) >= 11 is 0. The van der Waals surface area contributed by atoms with E-state index in [9.17, 15) is 9.90 Å². The minimum absolute atomic E-state index is 0.111. The highest BCUT2D eigenvalue weighted by Crippen LogP contribution is 2.28. The fourth-order valence-electron chi connectivity index (χ4n) is 3.23. The molecule has 0 heterocycles. The first kappa shape index (κ1) is 20.9. The smallest absolute Gasteiger partial charge is 0.339 e. The number of carboxylic acids is 1. The fraction of sp³-hybridized carbons (Fsp3) is 0.0357. The standard InChI is InChI=1S/C28H22O4/c29-28(30)26-13-4-5-14-27(26)32-25-12-6-11-24(20-25)31-19-7-8-21-15-17-23(18-16-21)22-9-2-1-3-10-22/h1-18,20H,19H2,(H,29,30). The first-order valence-electron chi connectivity index (χ1n) is 10.2. The molecule has 4 rings (SSSR count). The summed E-state index contributed by atoms with van der Waals surface area (Å²) < 4.78 is 11.5. The predicted molar refractivity (Wildman–Crippen MR) is 126 cm³/mol. The van der Waals surface area contributed by atoms with Crippen LogP contribution in [-0.4, -0.2) is 17.7 Å². The highest BCUT2D eigenvalue weighted by molar-refractivity contribution is 5.90. The van der Waals surface area contributed by atoms with Crippen LogP contribution < -0.4 is 9.47 Å². The Morgan fingerprint density at radius 2 is 1.44 bits per heavy atom. The number of aromatic carboxylic acids is 1. The van der Waals surface area contributed by atoms with E-state index in [1.807, 2.05) is 36.4 Å². The first-order chi connectivity index (χ1) is 15.7. The number of benzene rings is 4. The average Bonchev–Trinajstić information content (AvgIpc) is 2.83. The van der Waals surface area contributed by atoms with Crippen LogP contribution in [0, 0.1) is 0 Å². The van der Waals surface area contributed by atoms with Gasteiger partial charge in [0, 0.05) is 6.07 Å². The van der Waals surface area contributed by atoms with Crippen LogP contribution in [0.1, 0.15) is 15.9 Å². The van der Waals surface area contributed by atoms with E-state index in [0.717, 1.165) is 5.56 Å². The SMILES string of the molecule is O=C(O)c1ccccc1Oc1cccc(OCC=Cc2ccc(-c3ccccc3)cc2)c1. The number of para-hydroxylation sites is 1. The van der Waals surface area contributed by atoms with Crippen LogP contribution in [0.3, 0.4) is 0 Å². The van der Waals surface area contributed by atoms with Crippen molar-refractivity contribution in [2.24, 2.45) is 0 Å². The van der Waals surface area contributed by atoms with Crippen molar-refractivity contribution in [3.63, 3.8) is 0 Å². The van der Waals surface area contributed by atoms with Gasteiger partial charge in [0.25, 0.3) is 0 Å². The number of hydrogen-bond donors (Lipinski definition) is 1. The summed E-state index contributed by atoms with van der Waals surface area (Å²) in [6, 6.07) is 32.3. The summed E-state index contributed by atoms with van der Waals surface area (Å²) in [5.41, 5.74) is 3.58. The summed E-state index contributed by atoms with van der Waals surface area (Å²) in [6.07, 6.45) is 3.96. The van der Waals surface area contributed by atoms with Gasteiger partial charge in [-0.15, -0.1) is 0 Å². The topological polar surface area (TPSA) is 55.8 Å². The molecular weight excluding hydrogens is 400 g/mol. The van der Waals surface area contributed by atoms with Crippen molar-refractivity contribution < 1.29 is 19.4 Å². The zero-order valence-corrected chi connectivity index (χ0v) is 17.3. The lowest BCUT2D eigenvalue weighted by Crippen LogP contribution is -1.99. The van der Waals surface area contributed by atoms with E-state index in [1.165, 1.54) is 17.2 Å². The summed E-state index contributed by atoms with van der Waals surface area (Å²) in [5, 5.41) is 9.30. The van der Waals surface area contributed by atoms with E-state index in [4.69, 9.17) is 9.47 Å². The molecule has 0 aromatic heterocycles. The Kier molecular flexibility index (Phi) is 6.63. The predicted octanol–water partition coefficient (Wildman–Crippen LogP) is 6.94. The molecule has 0 saturated heterocycles. The molecule has 0 aliphatic rings. The molecule has 0 unspecified atom stereocenters. The molecule has 0 atom stereocenters. The second kappa shape index (κ2) is 10.1. The van der Waals surface area contributed by atoms with Crippen molar-refractivity contribution in [1.29, 1.82) is 0 Å². The van der Waals surface area contributed by atoms with Crippen molar-refractivity contribution in [3.05, 3.63) is 120 Å². The zero-order valence-electron chi connectivity index (χ0n) is 17.3. The monoisotopic (exact) mass is 422 g/mol. The van der Waals surface area contributed by atoms with Crippen molar-refractivity contribution in [3.8, 4) is 28.4 Å².